The minimum Gasteiger partial charge on any atom is -0.379 e. The van der Waals surface area contributed by atoms with E-state index in [2.05, 4.69) is 22.1 Å². The molecule has 26 heavy (non-hydrogen) atoms. The molecule has 1 aliphatic heterocycles. The topological polar surface area (TPSA) is 76.5 Å². The van der Waals surface area contributed by atoms with Crippen LogP contribution in [-0.2, 0) is 23.0 Å². The summed E-state index contributed by atoms with van der Waals surface area (Å²) in [4.78, 5) is 31.5. The Morgan fingerprint density at radius 3 is 2.77 bits per heavy atom. The molecule has 1 aromatic heterocycles. The number of aryl methyl sites for hydroxylation is 1. The van der Waals surface area contributed by atoms with Gasteiger partial charge in [0.1, 0.15) is 0 Å². The van der Waals surface area contributed by atoms with E-state index >= 15 is 0 Å². The Bertz CT molecular complexity index is 644. The van der Waals surface area contributed by atoms with Crippen molar-refractivity contribution in [2.45, 2.75) is 43.5 Å². The van der Waals surface area contributed by atoms with Gasteiger partial charge in [0.2, 0.25) is 5.91 Å². The van der Waals surface area contributed by atoms with Crippen molar-refractivity contribution in [1.29, 1.82) is 0 Å². The van der Waals surface area contributed by atoms with Crippen molar-refractivity contribution in [2.75, 3.05) is 39.4 Å². The van der Waals surface area contributed by atoms with Crippen molar-refractivity contribution in [3.05, 3.63) is 22.1 Å². The molecule has 1 N–H and O–H groups in total. The molecule has 0 spiro atoms. The van der Waals surface area contributed by atoms with Crippen molar-refractivity contribution < 1.29 is 9.53 Å². The summed E-state index contributed by atoms with van der Waals surface area (Å²) in [5.74, 6) is 0.0151. The highest BCUT2D eigenvalue weighted by Crippen LogP contribution is 2.24. The van der Waals surface area contributed by atoms with Gasteiger partial charge in [0.25, 0.3) is 5.56 Å². The van der Waals surface area contributed by atoms with Crippen LogP contribution in [0.3, 0.4) is 0 Å². The number of aromatic nitrogens is 2. The fraction of sp³-hybridized carbons (Fsp3) is 0.722. The Labute approximate surface area is 159 Å². The molecule has 146 valence electrons. The molecule has 0 saturated carbocycles. The number of morpholine rings is 1. The van der Waals surface area contributed by atoms with Crippen LogP contribution in [0.1, 0.15) is 32.4 Å². The van der Waals surface area contributed by atoms with Crippen LogP contribution in [0.15, 0.2) is 16.0 Å². The number of hydrogen-bond donors (Lipinski definition) is 1. The third kappa shape index (κ3) is 6.10. The molecular formula is C18H30N4O3S. The molecule has 8 heteroatoms. The molecule has 2 heterocycles. The number of amides is 1. The summed E-state index contributed by atoms with van der Waals surface area (Å²) in [7, 11) is 1.70. The van der Waals surface area contributed by atoms with Gasteiger partial charge in [-0.3, -0.25) is 19.1 Å². The Kier molecular flexibility index (Phi) is 8.61. The molecule has 1 aliphatic rings. The third-order valence-electron chi connectivity index (χ3n) is 4.43. The molecule has 0 radical (unpaired) electrons. The lowest BCUT2D eigenvalue weighted by Crippen LogP contribution is -2.43. The summed E-state index contributed by atoms with van der Waals surface area (Å²) in [6.07, 6.45) is 2.35. The molecule has 1 saturated heterocycles. The van der Waals surface area contributed by atoms with E-state index in [1.165, 1.54) is 16.3 Å². The molecule has 1 unspecified atom stereocenters. The minimum atomic E-state index is -0.241. The molecule has 1 atom stereocenters. The van der Waals surface area contributed by atoms with E-state index in [0.29, 0.717) is 18.1 Å². The standard InChI is InChI=1S/C18H30N4O3S/c1-4-6-15(17(24)19-7-8-22-9-11-25-12-10-22)26-18-20-14(5-2)13-16(23)21(18)3/h13,15H,4-12H2,1-3H3,(H,19,24). The average Bonchev–Trinajstić information content (AvgIpc) is 2.65. The van der Waals surface area contributed by atoms with Crippen LogP contribution < -0.4 is 10.9 Å². The lowest BCUT2D eigenvalue weighted by Gasteiger charge is -2.26. The smallest absolute Gasteiger partial charge is 0.254 e. The van der Waals surface area contributed by atoms with Crippen LogP contribution in [0.4, 0.5) is 0 Å². The first-order valence-corrected chi connectivity index (χ1v) is 10.2. The van der Waals surface area contributed by atoms with Gasteiger partial charge in [0, 0.05) is 45.0 Å². The maximum atomic E-state index is 12.6. The summed E-state index contributed by atoms with van der Waals surface area (Å²) in [6.45, 7) is 8.84. The zero-order chi connectivity index (χ0) is 18.9. The second-order valence-electron chi connectivity index (χ2n) is 6.42. The van der Waals surface area contributed by atoms with Gasteiger partial charge in [-0.15, -0.1) is 0 Å². The van der Waals surface area contributed by atoms with Crippen molar-refractivity contribution >= 4 is 17.7 Å². The number of rotatable bonds is 9. The van der Waals surface area contributed by atoms with Crippen LogP contribution in [0, 0.1) is 0 Å². The summed E-state index contributed by atoms with van der Waals surface area (Å²) in [6, 6.07) is 1.56. The zero-order valence-electron chi connectivity index (χ0n) is 16.0. The van der Waals surface area contributed by atoms with Crippen molar-refractivity contribution in [2.24, 2.45) is 7.05 Å². The van der Waals surface area contributed by atoms with E-state index in [-0.39, 0.29) is 16.7 Å². The molecule has 0 aliphatic carbocycles. The lowest BCUT2D eigenvalue weighted by molar-refractivity contribution is -0.120. The highest BCUT2D eigenvalue weighted by molar-refractivity contribution is 8.00. The monoisotopic (exact) mass is 382 g/mol. The van der Waals surface area contributed by atoms with Gasteiger partial charge in [0.15, 0.2) is 5.16 Å². The molecule has 7 nitrogen and oxygen atoms in total. The lowest BCUT2D eigenvalue weighted by atomic mass is 10.2. The van der Waals surface area contributed by atoms with E-state index in [1.54, 1.807) is 13.1 Å². The number of nitrogens with zero attached hydrogens (tertiary/aromatic N) is 3. The van der Waals surface area contributed by atoms with Crippen LogP contribution in [0.5, 0.6) is 0 Å². The molecule has 0 bridgehead atoms. The van der Waals surface area contributed by atoms with Crippen LogP contribution >= 0.6 is 11.8 Å². The number of carbonyl (C=O) groups is 1. The van der Waals surface area contributed by atoms with E-state index in [9.17, 15) is 9.59 Å². The Hall–Kier alpha value is -1.38. The quantitative estimate of drug-likeness (QED) is 0.508. The number of carbonyl (C=O) groups excluding carboxylic acids is 1. The number of nitrogens with one attached hydrogen (secondary N) is 1. The van der Waals surface area contributed by atoms with Gasteiger partial charge in [-0.1, -0.05) is 32.0 Å². The van der Waals surface area contributed by atoms with Gasteiger partial charge in [-0.2, -0.15) is 0 Å². The zero-order valence-corrected chi connectivity index (χ0v) is 16.8. The number of ether oxygens (including phenoxy) is 1. The third-order valence-corrected chi connectivity index (χ3v) is 5.74. The van der Waals surface area contributed by atoms with Gasteiger partial charge < -0.3 is 10.1 Å². The highest BCUT2D eigenvalue weighted by atomic mass is 32.2. The Morgan fingerprint density at radius 1 is 1.38 bits per heavy atom. The SMILES string of the molecule is CCCC(Sc1nc(CC)cc(=O)n1C)C(=O)NCCN1CCOCC1. The minimum absolute atomic E-state index is 0.0151. The molecule has 1 aromatic rings. The Balaban J connectivity index is 1.95. The second kappa shape index (κ2) is 10.7. The van der Waals surface area contributed by atoms with Crippen molar-refractivity contribution in [3.8, 4) is 0 Å². The Morgan fingerprint density at radius 2 is 2.12 bits per heavy atom. The predicted octanol–water partition coefficient (Wildman–Crippen LogP) is 1.05. The largest absolute Gasteiger partial charge is 0.379 e. The predicted molar refractivity (Wildman–Crippen MR) is 104 cm³/mol. The highest BCUT2D eigenvalue weighted by Gasteiger charge is 2.21. The molecular weight excluding hydrogens is 352 g/mol. The summed E-state index contributed by atoms with van der Waals surface area (Å²) in [5, 5.41) is 3.41. The van der Waals surface area contributed by atoms with E-state index < -0.39 is 0 Å². The molecule has 0 aromatic carbocycles. The summed E-state index contributed by atoms with van der Waals surface area (Å²) < 4.78 is 6.86. The van der Waals surface area contributed by atoms with Crippen LogP contribution in [0.2, 0.25) is 0 Å². The van der Waals surface area contributed by atoms with Gasteiger partial charge in [-0.25, -0.2) is 4.98 Å². The van der Waals surface area contributed by atoms with E-state index in [1.807, 2.05) is 6.92 Å². The molecule has 1 amide bonds. The number of thioether (sulfide) groups is 1. The second-order valence-corrected chi connectivity index (χ2v) is 7.59. The number of hydrogen-bond acceptors (Lipinski definition) is 6. The van der Waals surface area contributed by atoms with Crippen molar-refractivity contribution in [3.63, 3.8) is 0 Å². The van der Waals surface area contributed by atoms with Crippen LogP contribution in [-0.4, -0.2) is 65.0 Å². The fourth-order valence-corrected chi connectivity index (χ4v) is 3.98. The summed E-state index contributed by atoms with van der Waals surface area (Å²) >= 11 is 1.38. The van der Waals surface area contributed by atoms with Crippen molar-refractivity contribution in [1.82, 2.24) is 19.8 Å². The first-order chi connectivity index (χ1) is 12.5. The molecule has 1 fully saturated rings. The molecule has 2 rings (SSSR count). The van der Waals surface area contributed by atoms with Gasteiger partial charge >= 0.3 is 0 Å². The van der Waals surface area contributed by atoms with E-state index in [0.717, 1.165) is 51.4 Å². The van der Waals surface area contributed by atoms with Crippen LogP contribution in [0.25, 0.3) is 0 Å². The van der Waals surface area contributed by atoms with Gasteiger partial charge in [-0.05, 0) is 12.8 Å². The summed E-state index contributed by atoms with van der Waals surface area (Å²) in [5.41, 5.74) is 0.681. The normalized spacial score (nSPS) is 16.4. The van der Waals surface area contributed by atoms with E-state index in [4.69, 9.17) is 4.74 Å². The maximum Gasteiger partial charge on any atom is 0.254 e. The maximum absolute atomic E-state index is 12.6. The van der Waals surface area contributed by atoms with Gasteiger partial charge in [0.05, 0.1) is 18.5 Å². The first kappa shape index (κ1) is 20.9. The average molecular weight is 383 g/mol. The fourth-order valence-electron chi connectivity index (χ4n) is 2.76. The first-order valence-electron chi connectivity index (χ1n) is 9.36.